The molecule has 2 rings (SSSR count). The van der Waals surface area contributed by atoms with Gasteiger partial charge in [0.25, 0.3) is 0 Å². The standard InChI is InChI=1S/C13H17N3O/c1-16-9-13(14-11-16)7-8-15-17-10-12-5-3-2-4-6-12/h2-6,9,11,15H,7-8,10H2,1H3. The van der Waals surface area contributed by atoms with Gasteiger partial charge in [-0.2, -0.15) is 0 Å². The lowest BCUT2D eigenvalue weighted by atomic mass is 10.2. The van der Waals surface area contributed by atoms with Crippen LogP contribution in [0.15, 0.2) is 42.9 Å². The largest absolute Gasteiger partial charge is 0.340 e. The first-order valence-electron chi connectivity index (χ1n) is 5.70. The summed E-state index contributed by atoms with van der Waals surface area (Å²) in [6.07, 6.45) is 4.69. The van der Waals surface area contributed by atoms with Crippen molar-refractivity contribution >= 4 is 0 Å². The van der Waals surface area contributed by atoms with Gasteiger partial charge in [-0.3, -0.25) is 4.84 Å². The average Bonchev–Trinajstić information content (AvgIpc) is 2.76. The van der Waals surface area contributed by atoms with Gasteiger partial charge in [-0.1, -0.05) is 30.3 Å². The molecule has 0 aliphatic carbocycles. The smallest absolute Gasteiger partial charge is 0.0946 e. The molecule has 2 aromatic rings. The lowest BCUT2D eigenvalue weighted by Gasteiger charge is -2.04. The molecule has 0 spiro atoms. The van der Waals surface area contributed by atoms with Gasteiger partial charge >= 0.3 is 0 Å². The van der Waals surface area contributed by atoms with Crippen LogP contribution in [0.5, 0.6) is 0 Å². The molecule has 0 amide bonds. The van der Waals surface area contributed by atoms with Crippen LogP contribution in [0.25, 0.3) is 0 Å². The Balaban J connectivity index is 1.61. The predicted molar refractivity (Wildman–Crippen MR) is 66.1 cm³/mol. The van der Waals surface area contributed by atoms with E-state index in [-0.39, 0.29) is 0 Å². The monoisotopic (exact) mass is 231 g/mol. The summed E-state index contributed by atoms with van der Waals surface area (Å²) < 4.78 is 1.94. The third-order valence-electron chi connectivity index (χ3n) is 2.43. The van der Waals surface area contributed by atoms with Crippen LogP contribution >= 0.6 is 0 Å². The molecule has 0 saturated carbocycles. The lowest BCUT2D eigenvalue weighted by Crippen LogP contribution is -2.17. The van der Waals surface area contributed by atoms with Crippen LogP contribution in [-0.4, -0.2) is 16.1 Å². The second-order valence-corrected chi connectivity index (χ2v) is 3.95. The molecule has 0 atom stereocenters. The van der Waals surface area contributed by atoms with Crippen LogP contribution in [0, 0.1) is 0 Å². The number of benzene rings is 1. The number of hydrogen-bond acceptors (Lipinski definition) is 3. The molecule has 0 aliphatic heterocycles. The molecule has 0 radical (unpaired) electrons. The third kappa shape index (κ3) is 4.01. The summed E-state index contributed by atoms with van der Waals surface area (Å²) in [6.45, 7) is 1.35. The van der Waals surface area contributed by atoms with Crippen molar-refractivity contribution in [2.75, 3.05) is 6.54 Å². The Bertz CT molecular complexity index is 439. The van der Waals surface area contributed by atoms with Gasteiger partial charge in [0, 0.05) is 26.2 Å². The van der Waals surface area contributed by atoms with Crippen LogP contribution in [0.3, 0.4) is 0 Å². The van der Waals surface area contributed by atoms with Crippen molar-refractivity contribution in [3.05, 3.63) is 54.1 Å². The highest BCUT2D eigenvalue weighted by atomic mass is 16.6. The van der Waals surface area contributed by atoms with Gasteiger partial charge in [-0.25, -0.2) is 10.5 Å². The summed E-state index contributed by atoms with van der Waals surface area (Å²) in [4.78, 5) is 9.60. The Morgan fingerprint density at radius 3 is 2.82 bits per heavy atom. The predicted octanol–water partition coefficient (Wildman–Crippen LogP) is 1.68. The van der Waals surface area contributed by atoms with Gasteiger partial charge in [-0.15, -0.1) is 0 Å². The number of rotatable bonds is 6. The molecular formula is C13H17N3O. The number of nitrogens with one attached hydrogen (secondary N) is 1. The first kappa shape index (κ1) is 11.8. The van der Waals surface area contributed by atoms with Crippen molar-refractivity contribution in [1.82, 2.24) is 15.0 Å². The lowest BCUT2D eigenvalue weighted by molar-refractivity contribution is 0.0287. The summed E-state index contributed by atoms with van der Waals surface area (Å²) in [5, 5.41) is 0. The highest BCUT2D eigenvalue weighted by Crippen LogP contribution is 1.99. The van der Waals surface area contributed by atoms with Crippen molar-refractivity contribution < 1.29 is 4.84 Å². The Morgan fingerprint density at radius 1 is 1.29 bits per heavy atom. The van der Waals surface area contributed by atoms with Crippen molar-refractivity contribution in [2.24, 2.45) is 7.05 Å². The van der Waals surface area contributed by atoms with Gasteiger partial charge in [0.05, 0.1) is 18.6 Å². The molecule has 0 bridgehead atoms. The van der Waals surface area contributed by atoms with E-state index in [0.29, 0.717) is 6.61 Å². The third-order valence-corrected chi connectivity index (χ3v) is 2.43. The zero-order valence-electron chi connectivity index (χ0n) is 9.97. The minimum Gasteiger partial charge on any atom is -0.340 e. The number of hydroxylamine groups is 1. The average molecular weight is 231 g/mol. The molecule has 0 aliphatic rings. The van der Waals surface area contributed by atoms with Crippen molar-refractivity contribution in [1.29, 1.82) is 0 Å². The van der Waals surface area contributed by atoms with Gasteiger partial charge < -0.3 is 4.57 Å². The SMILES string of the molecule is Cn1cnc(CCNOCc2ccccc2)c1. The van der Waals surface area contributed by atoms with Gasteiger partial charge in [0.2, 0.25) is 0 Å². The summed E-state index contributed by atoms with van der Waals surface area (Å²) in [5.41, 5.74) is 5.18. The molecular weight excluding hydrogens is 214 g/mol. The summed E-state index contributed by atoms with van der Waals surface area (Å²) >= 11 is 0. The van der Waals surface area contributed by atoms with E-state index in [1.807, 2.05) is 48.1 Å². The van der Waals surface area contributed by atoms with Crippen molar-refractivity contribution in [3.63, 3.8) is 0 Å². The van der Waals surface area contributed by atoms with E-state index < -0.39 is 0 Å². The first-order chi connectivity index (χ1) is 8.34. The van der Waals surface area contributed by atoms with Gasteiger partial charge in [0.15, 0.2) is 0 Å². The van der Waals surface area contributed by atoms with Gasteiger partial charge in [0.1, 0.15) is 0 Å². The van der Waals surface area contributed by atoms with Crippen LogP contribution in [0.1, 0.15) is 11.3 Å². The molecule has 0 saturated heterocycles. The first-order valence-corrected chi connectivity index (χ1v) is 5.70. The minimum atomic E-state index is 0.586. The van der Waals surface area contributed by atoms with E-state index in [0.717, 1.165) is 24.2 Å². The molecule has 17 heavy (non-hydrogen) atoms. The number of imidazole rings is 1. The van der Waals surface area contributed by atoms with E-state index >= 15 is 0 Å². The number of aryl methyl sites for hydroxylation is 1. The Kier molecular flexibility index (Phi) is 4.30. The maximum Gasteiger partial charge on any atom is 0.0946 e. The van der Waals surface area contributed by atoms with E-state index in [9.17, 15) is 0 Å². The quantitative estimate of drug-likeness (QED) is 0.607. The van der Waals surface area contributed by atoms with Crippen molar-refractivity contribution in [2.45, 2.75) is 13.0 Å². The number of aromatic nitrogens is 2. The molecule has 1 N–H and O–H groups in total. The summed E-state index contributed by atoms with van der Waals surface area (Å²) in [5.74, 6) is 0. The Labute approximate surface area is 101 Å². The van der Waals surface area contributed by atoms with Crippen molar-refractivity contribution in [3.8, 4) is 0 Å². The number of hydrogen-bond donors (Lipinski definition) is 1. The highest BCUT2D eigenvalue weighted by Gasteiger charge is 1.96. The topological polar surface area (TPSA) is 39.1 Å². The fourth-order valence-electron chi connectivity index (χ4n) is 1.56. The minimum absolute atomic E-state index is 0.586. The van der Waals surface area contributed by atoms with E-state index in [4.69, 9.17) is 4.84 Å². The molecule has 0 fully saturated rings. The van der Waals surface area contributed by atoms with Crippen LogP contribution in [0.2, 0.25) is 0 Å². The molecule has 90 valence electrons. The van der Waals surface area contributed by atoms with E-state index in [1.165, 1.54) is 0 Å². The van der Waals surface area contributed by atoms with Crippen LogP contribution in [-0.2, 0) is 24.9 Å². The van der Waals surface area contributed by atoms with Gasteiger partial charge in [-0.05, 0) is 5.56 Å². The van der Waals surface area contributed by atoms with Crippen LogP contribution < -0.4 is 5.48 Å². The number of nitrogens with zero attached hydrogens (tertiary/aromatic N) is 2. The molecule has 4 heteroatoms. The second kappa shape index (κ2) is 6.18. The van der Waals surface area contributed by atoms with Crippen LogP contribution in [0.4, 0.5) is 0 Å². The maximum atomic E-state index is 5.36. The highest BCUT2D eigenvalue weighted by molar-refractivity contribution is 5.13. The van der Waals surface area contributed by atoms with E-state index in [2.05, 4.69) is 10.5 Å². The molecule has 0 unspecified atom stereocenters. The summed E-state index contributed by atoms with van der Waals surface area (Å²) in [6, 6.07) is 10.1. The van der Waals surface area contributed by atoms with E-state index in [1.54, 1.807) is 6.33 Å². The molecule has 4 nitrogen and oxygen atoms in total. The zero-order chi connectivity index (χ0) is 11.9. The second-order valence-electron chi connectivity index (χ2n) is 3.95. The maximum absolute atomic E-state index is 5.36. The fraction of sp³-hybridized carbons (Fsp3) is 0.308. The Morgan fingerprint density at radius 2 is 2.12 bits per heavy atom. The zero-order valence-corrected chi connectivity index (χ0v) is 9.97. The molecule has 1 aromatic carbocycles. The summed E-state index contributed by atoms with van der Waals surface area (Å²) in [7, 11) is 1.97. The molecule has 1 heterocycles. The normalized spacial score (nSPS) is 10.6. The molecule has 1 aromatic heterocycles. The fourth-order valence-corrected chi connectivity index (χ4v) is 1.56. The Hall–Kier alpha value is -1.65.